The van der Waals surface area contributed by atoms with Crippen molar-refractivity contribution >= 4 is 35.7 Å². The fourth-order valence-electron chi connectivity index (χ4n) is 5.66. The molecule has 0 amide bonds. The van der Waals surface area contributed by atoms with Crippen LogP contribution in [0.2, 0.25) is 0 Å². The summed E-state index contributed by atoms with van der Waals surface area (Å²) in [6.45, 7) is 5.80. The Balaban J connectivity index is 1.04. The van der Waals surface area contributed by atoms with Gasteiger partial charge in [0.25, 0.3) is 0 Å². The molecule has 0 spiro atoms. The van der Waals surface area contributed by atoms with E-state index in [1.165, 1.54) is 51.0 Å². The number of unbranched alkanes of at least 4 members (excludes halogenated alkanes) is 8. The molecular weight excluding hydrogens is 701 g/mol. The van der Waals surface area contributed by atoms with Crippen molar-refractivity contribution in [2.75, 3.05) is 13.2 Å². The third-order valence-corrected chi connectivity index (χ3v) is 8.95. The van der Waals surface area contributed by atoms with Crippen LogP contribution in [0.5, 0.6) is 23.0 Å². The molecule has 0 N–H and O–H groups in total. The zero-order chi connectivity index (χ0) is 39.2. The summed E-state index contributed by atoms with van der Waals surface area (Å²) in [6, 6.07) is 35.7. The van der Waals surface area contributed by atoms with E-state index in [4.69, 9.17) is 18.9 Å². The molecule has 0 atom stereocenters. The third-order valence-electron chi connectivity index (χ3n) is 8.95. The number of hydrogen-bond donors (Lipinski definition) is 0. The minimum atomic E-state index is -0.536. The highest BCUT2D eigenvalue weighted by atomic mass is 16.5. The van der Waals surface area contributed by atoms with E-state index >= 15 is 0 Å². The largest absolute Gasteiger partial charge is 0.494 e. The molecule has 8 nitrogen and oxygen atoms in total. The van der Waals surface area contributed by atoms with Crippen LogP contribution in [0.1, 0.15) is 110 Å². The quantitative estimate of drug-likeness (QED) is 0.0302. The van der Waals surface area contributed by atoms with Gasteiger partial charge in [-0.1, -0.05) is 95.5 Å². The van der Waals surface area contributed by atoms with Crippen molar-refractivity contribution in [3.8, 4) is 23.0 Å². The highest BCUT2D eigenvalue weighted by Crippen LogP contribution is 2.23. The lowest BCUT2D eigenvalue weighted by Gasteiger charge is -2.08. The number of hydrogen-bond acceptors (Lipinski definition) is 8. The van der Waals surface area contributed by atoms with Gasteiger partial charge >= 0.3 is 11.9 Å². The lowest BCUT2D eigenvalue weighted by Crippen LogP contribution is -2.10. The van der Waals surface area contributed by atoms with E-state index in [9.17, 15) is 9.59 Å². The zero-order valence-corrected chi connectivity index (χ0v) is 32.5. The van der Waals surface area contributed by atoms with Gasteiger partial charge in [0.15, 0.2) is 0 Å². The molecule has 0 radical (unpaired) electrons. The van der Waals surface area contributed by atoms with Crippen molar-refractivity contribution in [3.05, 3.63) is 144 Å². The van der Waals surface area contributed by atoms with Crippen LogP contribution < -0.4 is 18.9 Å². The van der Waals surface area contributed by atoms with Crippen molar-refractivity contribution in [1.82, 2.24) is 0 Å². The molecule has 0 bridgehead atoms. The molecule has 5 rings (SSSR count). The highest BCUT2D eigenvalue weighted by Gasteiger charge is 2.12. The average Bonchev–Trinajstić information content (AvgIpc) is 3.23. The summed E-state index contributed by atoms with van der Waals surface area (Å²) in [5.41, 5.74) is 4.02. The Morgan fingerprint density at radius 2 is 0.875 bits per heavy atom. The molecule has 0 saturated carbocycles. The molecule has 0 aliphatic rings. The molecule has 0 fully saturated rings. The number of benzene rings is 5. The highest BCUT2D eigenvalue weighted by molar-refractivity contribution is 5.93. The van der Waals surface area contributed by atoms with E-state index in [0.29, 0.717) is 17.7 Å². The van der Waals surface area contributed by atoms with E-state index in [1.807, 2.05) is 48.5 Å². The average molecular weight is 753 g/mol. The summed E-state index contributed by atoms with van der Waals surface area (Å²) < 4.78 is 22.8. The Hall–Kier alpha value is -6.02. The second-order valence-corrected chi connectivity index (χ2v) is 13.5. The van der Waals surface area contributed by atoms with Crippen LogP contribution in [0, 0.1) is 0 Å². The van der Waals surface area contributed by atoms with Crippen molar-refractivity contribution in [2.45, 2.75) is 78.1 Å². The van der Waals surface area contributed by atoms with Gasteiger partial charge in [0.05, 0.1) is 35.7 Å². The van der Waals surface area contributed by atoms with Crippen LogP contribution in [0.15, 0.2) is 131 Å². The van der Waals surface area contributed by atoms with Gasteiger partial charge in [-0.05, 0) is 109 Å². The van der Waals surface area contributed by atoms with Crippen LogP contribution in [0.25, 0.3) is 0 Å². The van der Waals surface area contributed by atoms with E-state index in [2.05, 4.69) is 23.8 Å². The normalized spacial score (nSPS) is 11.2. The maximum atomic E-state index is 12.9. The van der Waals surface area contributed by atoms with Gasteiger partial charge in [-0.15, -0.1) is 0 Å². The zero-order valence-electron chi connectivity index (χ0n) is 32.5. The molecule has 0 saturated heterocycles. The van der Waals surface area contributed by atoms with Gasteiger partial charge in [0.1, 0.15) is 23.0 Å². The first-order chi connectivity index (χ1) is 27.5. The molecule has 0 heterocycles. The predicted molar refractivity (Wildman–Crippen MR) is 225 cm³/mol. The Morgan fingerprint density at radius 3 is 1.32 bits per heavy atom. The number of carbonyl (C=O) groups is 2. The van der Waals surface area contributed by atoms with Crippen LogP contribution in [0.4, 0.5) is 11.4 Å². The van der Waals surface area contributed by atoms with Gasteiger partial charge in [-0.2, -0.15) is 0 Å². The smallest absolute Gasteiger partial charge is 0.343 e. The first-order valence-electron chi connectivity index (χ1n) is 19.8. The van der Waals surface area contributed by atoms with Gasteiger partial charge < -0.3 is 18.9 Å². The molecule has 0 aliphatic carbocycles. The van der Waals surface area contributed by atoms with Crippen molar-refractivity contribution in [2.24, 2.45) is 9.98 Å². The van der Waals surface area contributed by atoms with Crippen LogP contribution in [-0.2, 0) is 0 Å². The van der Waals surface area contributed by atoms with Crippen LogP contribution >= 0.6 is 0 Å². The van der Waals surface area contributed by atoms with E-state index in [1.54, 1.807) is 79.2 Å². The monoisotopic (exact) mass is 752 g/mol. The third kappa shape index (κ3) is 14.3. The van der Waals surface area contributed by atoms with E-state index in [-0.39, 0.29) is 11.5 Å². The molecule has 56 heavy (non-hydrogen) atoms. The summed E-state index contributed by atoms with van der Waals surface area (Å²) in [5, 5.41) is 0. The summed E-state index contributed by atoms with van der Waals surface area (Å²) >= 11 is 0. The minimum Gasteiger partial charge on any atom is -0.494 e. The summed E-state index contributed by atoms with van der Waals surface area (Å²) in [5.74, 6) is 1.10. The summed E-state index contributed by atoms with van der Waals surface area (Å²) in [7, 11) is 0. The van der Waals surface area contributed by atoms with Gasteiger partial charge in [-0.3, -0.25) is 9.98 Å². The van der Waals surface area contributed by atoms with Crippen molar-refractivity contribution < 1.29 is 28.5 Å². The van der Waals surface area contributed by atoms with Crippen molar-refractivity contribution in [1.29, 1.82) is 0 Å². The lowest BCUT2D eigenvalue weighted by atomic mass is 10.1. The Kier molecular flexibility index (Phi) is 16.9. The number of nitrogens with zero attached hydrogens (tertiary/aromatic N) is 2. The number of rotatable bonds is 22. The maximum absolute atomic E-state index is 12.9. The molecule has 0 aromatic heterocycles. The topological polar surface area (TPSA) is 95.8 Å². The van der Waals surface area contributed by atoms with E-state index < -0.39 is 11.9 Å². The molecule has 8 heteroatoms. The standard InChI is InChI=1S/C48H52N2O6/c1-3-5-7-8-9-10-11-12-33-54-44-30-26-42(27-31-44)50-36-38-18-22-40(23-19-38)48(52)56-46-15-13-14-45(34-46)55-47(51)39-20-16-37(17-21-39)35-49-41-24-28-43(29-25-41)53-32-6-4-2/h13-31,34-36H,3-12,32-33H2,1-2H3. The molecule has 290 valence electrons. The molecule has 5 aromatic rings. The minimum absolute atomic E-state index is 0.253. The van der Waals surface area contributed by atoms with Gasteiger partial charge in [-0.25, -0.2) is 9.59 Å². The maximum Gasteiger partial charge on any atom is 0.343 e. The Morgan fingerprint density at radius 1 is 0.464 bits per heavy atom. The molecular formula is C48H52N2O6. The molecule has 0 unspecified atom stereocenters. The van der Waals surface area contributed by atoms with Gasteiger partial charge in [0, 0.05) is 18.5 Å². The fraction of sp³-hybridized carbons (Fsp3) is 0.292. The Bertz CT molecular complexity index is 1990. The first kappa shape index (κ1) is 41.1. The predicted octanol–water partition coefficient (Wildman–Crippen LogP) is 12.3. The fourth-order valence-corrected chi connectivity index (χ4v) is 5.66. The number of aliphatic imine (C=N–C) groups is 2. The second-order valence-electron chi connectivity index (χ2n) is 13.5. The second kappa shape index (κ2) is 23.0. The Labute approximate surface area is 331 Å². The van der Waals surface area contributed by atoms with Gasteiger partial charge in [0.2, 0.25) is 0 Å². The number of esters is 2. The molecule has 5 aromatic carbocycles. The van der Waals surface area contributed by atoms with Crippen LogP contribution in [0.3, 0.4) is 0 Å². The first-order valence-corrected chi connectivity index (χ1v) is 19.8. The summed E-state index contributed by atoms with van der Waals surface area (Å²) in [4.78, 5) is 34.9. The number of carbonyl (C=O) groups excluding carboxylic acids is 2. The van der Waals surface area contributed by atoms with Crippen molar-refractivity contribution in [3.63, 3.8) is 0 Å². The van der Waals surface area contributed by atoms with Crippen LogP contribution in [-0.4, -0.2) is 37.6 Å². The number of ether oxygens (including phenoxy) is 4. The van der Waals surface area contributed by atoms with E-state index in [0.717, 1.165) is 59.9 Å². The summed E-state index contributed by atoms with van der Waals surface area (Å²) in [6.07, 6.45) is 15.8. The SMILES string of the molecule is CCCCCCCCCCOc1ccc(N=Cc2ccc(C(=O)Oc3cccc(OC(=O)c4ccc(C=Nc5ccc(OCCCC)cc5)cc4)c3)cc2)cc1. The lowest BCUT2D eigenvalue weighted by molar-refractivity contribution is 0.0732. The molecule has 0 aliphatic heterocycles.